The SMILES string of the molecule is C[C@H](C/C=C/[C@@H](O)[C@@]1(C)CC[C@@H]1CN1C[C@@]2(CCCc3cc(Cl)ccc32)COc2ccc(C(=O)OC(C)(C)C)cc21)S(N)(=O)=O. The van der Waals surface area contributed by atoms with Crippen LogP contribution in [0, 0.1) is 11.3 Å². The number of sulfonamides is 1. The third kappa shape index (κ3) is 7.22. The smallest absolute Gasteiger partial charge is 0.338 e. The molecule has 2 aromatic rings. The van der Waals surface area contributed by atoms with Crippen molar-refractivity contribution in [1.29, 1.82) is 0 Å². The van der Waals surface area contributed by atoms with Crippen LogP contribution in [0.25, 0.3) is 0 Å². The van der Waals surface area contributed by atoms with Crippen LogP contribution in [0.5, 0.6) is 5.75 Å². The van der Waals surface area contributed by atoms with Crippen molar-refractivity contribution in [1.82, 2.24) is 0 Å². The average molecular weight is 659 g/mol. The van der Waals surface area contributed by atoms with Gasteiger partial charge in [-0.2, -0.15) is 0 Å². The Morgan fingerprint density at radius 1 is 1.24 bits per heavy atom. The number of primary sulfonamides is 1. The van der Waals surface area contributed by atoms with Crippen LogP contribution in [0.1, 0.15) is 88.2 Å². The van der Waals surface area contributed by atoms with Crippen LogP contribution < -0.4 is 14.8 Å². The summed E-state index contributed by atoms with van der Waals surface area (Å²) in [4.78, 5) is 15.5. The Balaban J connectivity index is 1.47. The van der Waals surface area contributed by atoms with E-state index in [1.807, 2.05) is 39.0 Å². The highest BCUT2D eigenvalue weighted by Crippen LogP contribution is 2.52. The van der Waals surface area contributed by atoms with E-state index in [-0.39, 0.29) is 23.7 Å². The summed E-state index contributed by atoms with van der Waals surface area (Å²) >= 11 is 6.41. The van der Waals surface area contributed by atoms with Gasteiger partial charge in [-0.05, 0) is 114 Å². The monoisotopic (exact) mass is 658 g/mol. The van der Waals surface area contributed by atoms with Crippen LogP contribution in [0.3, 0.4) is 0 Å². The summed E-state index contributed by atoms with van der Waals surface area (Å²) in [6, 6.07) is 11.7. The van der Waals surface area contributed by atoms with E-state index in [9.17, 15) is 18.3 Å². The van der Waals surface area contributed by atoms with Crippen molar-refractivity contribution in [2.45, 2.75) is 95.5 Å². The highest BCUT2D eigenvalue weighted by molar-refractivity contribution is 7.89. The van der Waals surface area contributed by atoms with Crippen LogP contribution in [0.2, 0.25) is 5.02 Å². The predicted octanol–water partition coefficient (Wildman–Crippen LogP) is 6.17. The van der Waals surface area contributed by atoms with Crippen molar-refractivity contribution in [2.24, 2.45) is 16.5 Å². The third-order valence-electron chi connectivity index (χ3n) is 10.1. The molecule has 3 N–H and O–H groups in total. The third-order valence-corrected chi connectivity index (χ3v) is 11.6. The molecule has 5 atom stereocenters. The van der Waals surface area contributed by atoms with Gasteiger partial charge in [0, 0.05) is 28.9 Å². The van der Waals surface area contributed by atoms with Crippen molar-refractivity contribution >= 4 is 33.3 Å². The zero-order valence-electron chi connectivity index (χ0n) is 27.0. The number of aliphatic hydroxyl groups excluding tert-OH is 1. The minimum atomic E-state index is -3.64. The minimum absolute atomic E-state index is 0.147. The largest absolute Gasteiger partial charge is 0.490 e. The summed E-state index contributed by atoms with van der Waals surface area (Å²) in [5.74, 6) is 0.484. The molecule has 1 spiro atoms. The lowest BCUT2D eigenvalue weighted by Crippen LogP contribution is -2.53. The van der Waals surface area contributed by atoms with Gasteiger partial charge in [-0.15, -0.1) is 0 Å². The standard InChI is InChI=1S/C35H47ClN2O6S/c1-23(45(37,41)42)8-6-10-31(39)34(5)17-15-26(34)20-38-21-35(16-7-9-24-18-27(36)12-13-28(24)35)22-43-30-14-11-25(19-29(30)38)32(40)44-33(2,3)4/h6,10-14,18-19,23,26,31,39H,7-9,15-17,20-22H2,1-5H3,(H2,37,41,42)/b10-6+/t23-,26-,31-,34+,35+/m1/s1. The number of esters is 1. The van der Waals surface area contributed by atoms with Crippen molar-refractivity contribution in [3.8, 4) is 5.75 Å². The minimum Gasteiger partial charge on any atom is -0.490 e. The van der Waals surface area contributed by atoms with Gasteiger partial charge >= 0.3 is 5.97 Å². The number of halogens is 1. The van der Waals surface area contributed by atoms with Gasteiger partial charge in [-0.1, -0.05) is 36.7 Å². The normalized spacial score (nSPS) is 26.3. The van der Waals surface area contributed by atoms with E-state index in [0.29, 0.717) is 25.3 Å². The van der Waals surface area contributed by atoms with E-state index in [1.165, 1.54) is 11.1 Å². The van der Waals surface area contributed by atoms with Crippen LogP contribution in [-0.2, 0) is 26.6 Å². The van der Waals surface area contributed by atoms with Crippen molar-refractivity contribution < 1.29 is 27.8 Å². The maximum absolute atomic E-state index is 13.1. The van der Waals surface area contributed by atoms with Gasteiger partial charge in [0.2, 0.25) is 10.0 Å². The van der Waals surface area contributed by atoms with Gasteiger partial charge < -0.3 is 19.5 Å². The molecule has 3 aliphatic rings. The molecule has 2 aromatic carbocycles. The number of benzene rings is 2. The summed E-state index contributed by atoms with van der Waals surface area (Å²) in [6.45, 7) is 11.1. The van der Waals surface area contributed by atoms with Crippen molar-refractivity contribution in [3.05, 3.63) is 70.3 Å². The molecule has 8 nitrogen and oxygen atoms in total. The van der Waals surface area contributed by atoms with E-state index in [2.05, 4.69) is 24.0 Å². The van der Waals surface area contributed by atoms with Crippen LogP contribution in [0.15, 0.2) is 48.6 Å². The van der Waals surface area contributed by atoms with Crippen molar-refractivity contribution in [3.63, 3.8) is 0 Å². The maximum Gasteiger partial charge on any atom is 0.338 e. The van der Waals surface area contributed by atoms with Crippen LogP contribution in [-0.4, -0.2) is 56.1 Å². The summed E-state index contributed by atoms with van der Waals surface area (Å²) < 4.78 is 35.6. The molecule has 246 valence electrons. The molecule has 0 radical (unpaired) electrons. The quantitative estimate of drug-likeness (QED) is 0.257. The van der Waals surface area contributed by atoms with Gasteiger partial charge in [0.25, 0.3) is 0 Å². The van der Waals surface area contributed by atoms with Crippen molar-refractivity contribution in [2.75, 3.05) is 24.6 Å². The topological polar surface area (TPSA) is 119 Å². The van der Waals surface area contributed by atoms with E-state index in [0.717, 1.165) is 48.6 Å². The lowest BCUT2D eigenvalue weighted by molar-refractivity contribution is -0.0469. The van der Waals surface area contributed by atoms with E-state index < -0.39 is 32.4 Å². The molecule has 0 bridgehead atoms. The summed E-state index contributed by atoms with van der Waals surface area (Å²) in [5, 5.41) is 16.6. The number of carbonyl (C=O) groups excluding carboxylic acids is 1. The zero-order valence-corrected chi connectivity index (χ0v) is 28.6. The molecule has 0 saturated heterocycles. The van der Waals surface area contributed by atoms with Crippen LogP contribution in [0.4, 0.5) is 5.69 Å². The number of hydrogen-bond donors (Lipinski definition) is 2. The Morgan fingerprint density at radius 3 is 2.67 bits per heavy atom. The lowest BCUT2D eigenvalue weighted by atomic mass is 9.58. The maximum atomic E-state index is 13.1. The lowest BCUT2D eigenvalue weighted by Gasteiger charge is -2.52. The zero-order chi connectivity index (χ0) is 32.8. The molecular weight excluding hydrogens is 612 g/mol. The number of rotatable bonds is 8. The fourth-order valence-corrected chi connectivity index (χ4v) is 7.66. The molecule has 45 heavy (non-hydrogen) atoms. The number of aliphatic hydroxyl groups is 1. The van der Waals surface area contributed by atoms with Gasteiger partial charge in [-0.3, -0.25) is 0 Å². The Bertz CT molecular complexity index is 1570. The molecule has 1 aliphatic heterocycles. The molecule has 0 amide bonds. The second kappa shape index (κ2) is 12.5. The van der Waals surface area contributed by atoms with Gasteiger partial charge in [0.15, 0.2) is 0 Å². The number of ether oxygens (including phenoxy) is 2. The second-order valence-electron chi connectivity index (χ2n) is 14.5. The Kier molecular flexibility index (Phi) is 9.41. The fourth-order valence-electron chi connectivity index (χ4n) is 7.09. The van der Waals surface area contributed by atoms with E-state index in [4.69, 9.17) is 26.2 Å². The molecular formula is C35H47ClN2O6S. The second-order valence-corrected chi connectivity index (χ2v) is 17.0. The Labute approximate surface area is 273 Å². The van der Waals surface area contributed by atoms with Gasteiger partial charge in [-0.25, -0.2) is 18.4 Å². The molecule has 0 unspecified atom stereocenters. The molecule has 1 fully saturated rings. The number of allylic oxidation sites excluding steroid dienone is 1. The highest BCUT2D eigenvalue weighted by Gasteiger charge is 2.49. The average Bonchev–Trinajstić information content (AvgIpc) is 3.10. The number of nitrogens with two attached hydrogens (primary N) is 1. The number of aryl methyl sites for hydroxylation is 1. The molecule has 1 heterocycles. The fraction of sp³-hybridized carbons (Fsp3) is 0.571. The van der Waals surface area contributed by atoms with E-state index in [1.54, 1.807) is 25.1 Å². The first-order valence-corrected chi connectivity index (χ1v) is 17.9. The molecule has 0 aromatic heterocycles. The van der Waals surface area contributed by atoms with Gasteiger partial charge in [0.1, 0.15) is 11.4 Å². The summed E-state index contributed by atoms with van der Waals surface area (Å²) in [7, 11) is -3.64. The number of hydrogen-bond acceptors (Lipinski definition) is 7. The molecule has 2 aliphatic carbocycles. The predicted molar refractivity (Wildman–Crippen MR) is 179 cm³/mol. The van der Waals surface area contributed by atoms with Gasteiger partial charge in [0.05, 0.1) is 29.2 Å². The first kappa shape index (κ1) is 33.8. The summed E-state index contributed by atoms with van der Waals surface area (Å²) in [5.41, 5.74) is 2.52. The Hall–Kier alpha value is -2.59. The molecule has 1 saturated carbocycles. The van der Waals surface area contributed by atoms with E-state index >= 15 is 0 Å². The molecule has 10 heteroatoms. The first-order chi connectivity index (χ1) is 21.0. The summed E-state index contributed by atoms with van der Waals surface area (Å²) in [6.07, 6.45) is 7.67. The number of carbonyl (C=O) groups is 1. The first-order valence-electron chi connectivity index (χ1n) is 15.9. The number of anilines is 1. The molecule has 5 rings (SSSR count). The van der Waals surface area contributed by atoms with Crippen LogP contribution >= 0.6 is 11.6 Å². The Morgan fingerprint density at radius 2 is 2.00 bits per heavy atom. The highest BCUT2D eigenvalue weighted by atomic mass is 35.5. The number of nitrogens with zero attached hydrogens (tertiary/aromatic N) is 1. The number of fused-ring (bicyclic) bond motifs is 3.